The summed E-state index contributed by atoms with van der Waals surface area (Å²) in [4.78, 5) is 9.67. The number of hydrogen-bond donors (Lipinski definition) is 1. The first-order valence-electron chi connectivity index (χ1n) is 4.16. The molecular weight excluding hydrogens is 188 g/mol. The van der Waals surface area contributed by atoms with Gasteiger partial charge in [0.15, 0.2) is 8.32 Å². The Hall–Kier alpha value is 0.314. The van der Waals surface area contributed by atoms with Gasteiger partial charge in [0.05, 0.1) is 0 Å². The minimum Gasteiger partial charge on any atom is -0.420 e. The quantitative estimate of drug-likeness (QED) is 0.697. The molecule has 74 valence electrons. The van der Waals surface area contributed by atoms with Gasteiger partial charge >= 0.3 is 8.56 Å². The molecule has 0 rings (SSSR count). The topological polar surface area (TPSA) is 38.7 Å². The zero-order chi connectivity index (χ0) is 9.83. The van der Waals surface area contributed by atoms with Crippen LogP contribution in [0.25, 0.3) is 0 Å². The summed E-state index contributed by atoms with van der Waals surface area (Å²) >= 11 is 0. The summed E-state index contributed by atoms with van der Waals surface area (Å²) in [6, 6.07) is 1.74. The molecule has 0 aromatic heterocycles. The molecule has 0 aliphatic heterocycles. The van der Waals surface area contributed by atoms with Gasteiger partial charge in [0.2, 0.25) is 0 Å². The lowest BCUT2D eigenvalue weighted by Gasteiger charge is -2.24. The Morgan fingerprint density at radius 3 is 1.83 bits per heavy atom. The van der Waals surface area contributed by atoms with Crippen molar-refractivity contribution < 1.29 is 13.6 Å². The lowest BCUT2D eigenvalue weighted by molar-refractivity contribution is 0.296. The van der Waals surface area contributed by atoms with Crippen LogP contribution in [0.15, 0.2) is 0 Å². The average Bonchev–Trinajstić information content (AvgIpc) is 2.02. The van der Waals surface area contributed by atoms with Crippen molar-refractivity contribution in [3.8, 4) is 0 Å². The standard InChI is InChI=1S/C7H20O3Si2/c1-9-11(3,4)6-7-12(5,8)10-2/h8H,6-7H2,1-5H3. The summed E-state index contributed by atoms with van der Waals surface area (Å²) in [5, 5.41) is 0. The molecule has 0 aliphatic carbocycles. The minimum absolute atomic E-state index is 0.774. The highest BCUT2D eigenvalue weighted by atomic mass is 28.4. The Balaban J connectivity index is 3.82. The van der Waals surface area contributed by atoms with E-state index in [2.05, 4.69) is 13.1 Å². The van der Waals surface area contributed by atoms with Gasteiger partial charge in [-0.15, -0.1) is 0 Å². The molecule has 0 fully saturated rings. The largest absolute Gasteiger partial charge is 0.420 e. The maximum absolute atomic E-state index is 9.67. The van der Waals surface area contributed by atoms with Gasteiger partial charge in [0, 0.05) is 14.2 Å². The molecule has 0 aromatic carbocycles. The molecule has 1 unspecified atom stereocenters. The summed E-state index contributed by atoms with van der Waals surface area (Å²) in [7, 11) is -0.535. The van der Waals surface area contributed by atoms with Crippen molar-refractivity contribution in [2.45, 2.75) is 31.7 Å². The van der Waals surface area contributed by atoms with E-state index in [-0.39, 0.29) is 0 Å². The van der Waals surface area contributed by atoms with Crippen LogP contribution < -0.4 is 0 Å². The van der Waals surface area contributed by atoms with E-state index in [1.807, 2.05) is 6.55 Å². The van der Waals surface area contributed by atoms with Gasteiger partial charge in [0.25, 0.3) is 0 Å². The molecule has 0 aliphatic rings. The van der Waals surface area contributed by atoms with E-state index in [0.717, 1.165) is 12.1 Å². The van der Waals surface area contributed by atoms with E-state index in [1.54, 1.807) is 14.2 Å². The van der Waals surface area contributed by atoms with Gasteiger partial charge in [-0.3, -0.25) is 0 Å². The Labute approximate surface area is 77.1 Å². The maximum Gasteiger partial charge on any atom is 0.331 e. The van der Waals surface area contributed by atoms with Crippen molar-refractivity contribution >= 4 is 16.9 Å². The number of hydrogen-bond acceptors (Lipinski definition) is 3. The molecule has 12 heavy (non-hydrogen) atoms. The fourth-order valence-electron chi connectivity index (χ4n) is 0.737. The molecular formula is C7H20O3Si2. The average molecular weight is 208 g/mol. The van der Waals surface area contributed by atoms with E-state index in [4.69, 9.17) is 8.85 Å². The minimum atomic E-state index is -2.35. The fraction of sp³-hybridized carbons (Fsp3) is 1.00. The zero-order valence-electron chi connectivity index (χ0n) is 8.68. The number of rotatable bonds is 5. The fourth-order valence-corrected chi connectivity index (χ4v) is 5.41. The van der Waals surface area contributed by atoms with Crippen LogP contribution in [0, 0.1) is 0 Å². The summed E-state index contributed by atoms with van der Waals surface area (Å²) in [6.45, 7) is 6.10. The molecule has 0 radical (unpaired) electrons. The van der Waals surface area contributed by atoms with Crippen molar-refractivity contribution in [2.24, 2.45) is 0 Å². The van der Waals surface area contributed by atoms with Gasteiger partial charge in [-0.1, -0.05) is 0 Å². The van der Waals surface area contributed by atoms with E-state index in [9.17, 15) is 4.80 Å². The zero-order valence-corrected chi connectivity index (χ0v) is 10.7. The Kier molecular flexibility index (Phi) is 4.64. The Morgan fingerprint density at radius 2 is 1.50 bits per heavy atom. The molecule has 0 saturated heterocycles. The van der Waals surface area contributed by atoms with E-state index < -0.39 is 16.9 Å². The van der Waals surface area contributed by atoms with Gasteiger partial charge in [-0.05, 0) is 31.7 Å². The van der Waals surface area contributed by atoms with Crippen molar-refractivity contribution in [3.05, 3.63) is 0 Å². The van der Waals surface area contributed by atoms with Crippen LogP contribution in [0.2, 0.25) is 31.7 Å². The van der Waals surface area contributed by atoms with Crippen molar-refractivity contribution in [1.29, 1.82) is 0 Å². The van der Waals surface area contributed by atoms with Crippen LogP contribution in [-0.2, 0) is 8.85 Å². The normalized spacial score (nSPS) is 17.5. The van der Waals surface area contributed by atoms with Gasteiger partial charge < -0.3 is 13.6 Å². The second-order valence-corrected chi connectivity index (χ2v) is 11.5. The van der Waals surface area contributed by atoms with Crippen molar-refractivity contribution in [3.63, 3.8) is 0 Å². The smallest absolute Gasteiger partial charge is 0.331 e. The van der Waals surface area contributed by atoms with Gasteiger partial charge in [0.1, 0.15) is 0 Å². The third kappa shape index (κ3) is 5.05. The Morgan fingerprint density at radius 1 is 1.00 bits per heavy atom. The molecule has 1 N–H and O–H groups in total. The summed E-state index contributed by atoms with van der Waals surface area (Å²) in [6.07, 6.45) is 0. The lowest BCUT2D eigenvalue weighted by Crippen LogP contribution is -2.37. The van der Waals surface area contributed by atoms with Crippen LogP contribution >= 0.6 is 0 Å². The predicted octanol–water partition coefficient (Wildman–Crippen LogP) is 1.55. The molecule has 1 atom stereocenters. The van der Waals surface area contributed by atoms with Crippen molar-refractivity contribution in [2.75, 3.05) is 14.2 Å². The molecule has 0 spiro atoms. The van der Waals surface area contributed by atoms with E-state index >= 15 is 0 Å². The summed E-state index contributed by atoms with van der Waals surface area (Å²) < 4.78 is 10.4. The molecule has 0 aromatic rings. The first-order valence-corrected chi connectivity index (χ1v) is 9.83. The van der Waals surface area contributed by atoms with Crippen LogP contribution in [0.4, 0.5) is 0 Å². The lowest BCUT2D eigenvalue weighted by atomic mass is 10.9. The van der Waals surface area contributed by atoms with E-state index in [0.29, 0.717) is 0 Å². The van der Waals surface area contributed by atoms with Gasteiger partial charge in [-0.2, -0.15) is 0 Å². The summed E-state index contributed by atoms with van der Waals surface area (Å²) in [5.74, 6) is 0. The molecule has 0 bridgehead atoms. The Bertz CT molecular complexity index is 121. The molecule has 3 nitrogen and oxygen atoms in total. The third-order valence-corrected chi connectivity index (χ3v) is 7.30. The highest BCUT2D eigenvalue weighted by molar-refractivity contribution is 6.74. The first-order chi connectivity index (χ1) is 5.33. The second kappa shape index (κ2) is 4.52. The van der Waals surface area contributed by atoms with Crippen molar-refractivity contribution in [1.82, 2.24) is 0 Å². The van der Waals surface area contributed by atoms with E-state index in [1.165, 1.54) is 0 Å². The monoisotopic (exact) mass is 208 g/mol. The first kappa shape index (κ1) is 12.3. The van der Waals surface area contributed by atoms with Gasteiger partial charge in [-0.25, -0.2) is 0 Å². The summed E-state index contributed by atoms with van der Waals surface area (Å²) in [5.41, 5.74) is 0. The molecule has 5 heteroatoms. The van der Waals surface area contributed by atoms with Crippen LogP contribution in [0.1, 0.15) is 0 Å². The molecule has 0 amide bonds. The highest BCUT2D eigenvalue weighted by Crippen LogP contribution is 2.18. The molecule has 0 saturated carbocycles. The SMILES string of the molecule is CO[Si](C)(C)CC[Si](C)(O)OC. The highest BCUT2D eigenvalue weighted by Gasteiger charge is 2.30. The maximum atomic E-state index is 9.67. The second-order valence-electron chi connectivity index (χ2n) is 3.84. The predicted molar refractivity (Wildman–Crippen MR) is 55.0 cm³/mol. The van der Waals surface area contributed by atoms with Crippen LogP contribution in [0.3, 0.4) is 0 Å². The van der Waals surface area contributed by atoms with Crippen LogP contribution in [-0.4, -0.2) is 35.9 Å². The van der Waals surface area contributed by atoms with Crippen LogP contribution in [0.5, 0.6) is 0 Å². The molecule has 0 heterocycles. The third-order valence-electron chi connectivity index (χ3n) is 2.18.